The predicted octanol–water partition coefficient (Wildman–Crippen LogP) is 1.33. The second-order valence-corrected chi connectivity index (χ2v) is 3.17. The maximum absolute atomic E-state index is 4.86. The zero-order valence-electron chi connectivity index (χ0n) is 8.19. The SMILES string of the molecule is Cc1cn(C)nc1NCc1cocn1. The summed E-state index contributed by atoms with van der Waals surface area (Å²) in [7, 11) is 1.90. The van der Waals surface area contributed by atoms with Gasteiger partial charge in [0.05, 0.1) is 12.2 Å². The standard InChI is InChI=1S/C9H12N4O/c1-7-4-13(2)12-9(7)10-3-8-5-14-6-11-8/h4-6H,3H2,1-2H3,(H,10,12). The molecule has 0 saturated heterocycles. The van der Waals surface area contributed by atoms with Crippen LogP contribution in [0.2, 0.25) is 0 Å². The minimum Gasteiger partial charge on any atom is -0.451 e. The van der Waals surface area contributed by atoms with Gasteiger partial charge in [-0.15, -0.1) is 0 Å². The molecule has 0 aromatic carbocycles. The fourth-order valence-corrected chi connectivity index (χ4v) is 1.28. The Morgan fingerprint density at radius 3 is 3.00 bits per heavy atom. The fourth-order valence-electron chi connectivity index (χ4n) is 1.28. The van der Waals surface area contributed by atoms with Crippen LogP contribution in [0.3, 0.4) is 0 Å². The van der Waals surface area contributed by atoms with Crippen molar-refractivity contribution in [1.82, 2.24) is 14.8 Å². The molecule has 74 valence electrons. The first kappa shape index (κ1) is 8.80. The summed E-state index contributed by atoms with van der Waals surface area (Å²) in [6.45, 7) is 2.65. The summed E-state index contributed by atoms with van der Waals surface area (Å²) < 4.78 is 6.64. The Morgan fingerprint density at radius 1 is 1.57 bits per heavy atom. The largest absolute Gasteiger partial charge is 0.451 e. The van der Waals surface area contributed by atoms with Crippen molar-refractivity contribution >= 4 is 5.82 Å². The number of nitrogens with zero attached hydrogens (tertiary/aromatic N) is 3. The molecule has 0 aliphatic heterocycles. The summed E-state index contributed by atoms with van der Waals surface area (Å²) in [5.74, 6) is 0.885. The Kier molecular flexibility index (Phi) is 2.22. The van der Waals surface area contributed by atoms with Gasteiger partial charge in [-0.1, -0.05) is 0 Å². The van der Waals surface area contributed by atoms with E-state index in [0.29, 0.717) is 6.54 Å². The number of aromatic nitrogens is 3. The van der Waals surface area contributed by atoms with E-state index in [1.54, 1.807) is 10.9 Å². The number of anilines is 1. The second kappa shape index (κ2) is 3.53. The lowest BCUT2D eigenvalue weighted by molar-refractivity contribution is 0.556. The third kappa shape index (κ3) is 1.76. The van der Waals surface area contributed by atoms with Gasteiger partial charge in [0.25, 0.3) is 0 Å². The fraction of sp³-hybridized carbons (Fsp3) is 0.333. The third-order valence-corrected chi connectivity index (χ3v) is 1.93. The zero-order valence-corrected chi connectivity index (χ0v) is 8.19. The molecule has 2 heterocycles. The molecule has 0 radical (unpaired) electrons. The molecule has 5 nitrogen and oxygen atoms in total. The summed E-state index contributed by atoms with van der Waals surface area (Å²) in [6.07, 6.45) is 5.00. The van der Waals surface area contributed by atoms with E-state index in [-0.39, 0.29) is 0 Å². The average Bonchev–Trinajstić information content (AvgIpc) is 2.72. The highest BCUT2D eigenvalue weighted by Gasteiger charge is 2.03. The monoisotopic (exact) mass is 192 g/mol. The van der Waals surface area contributed by atoms with Crippen LogP contribution in [0.5, 0.6) is 0 Å². The van der Waals surface area contributed by atoms with Crippen LogP contribution in [-0.2, 0) is 13.6 Å². The van der Waals surface area contributed by atoms with Gasteiger partial charge in [0.2, 0.25) is 0 Å². The van der Waals surface area contributed by atoms with Crippen LogP contribution >= 0.6 is 0 Å². The molecule has 0 aliphatic carbocycles. The number of nitrogens with one attached hydrogen (secondary N) is 1. The molecule has 2 aromatic rings. The Bertz CT molecular complexity index is 404. The van der Waals surface area contributed by atoms with E-state index in [4.69, 9.17) is 4.42 Å². The van der Waals surface area contributed by atoms with E-state index >= 15 is 0 Å². The minimum absolute atomic E-state index is 0.633. The molecular formula is C9H12N4O. The van der Waals surface area contributed by atoms with Gasteiger partial charge in [0.1, 0.15) is 6.26 Å². The van der Waals surface area contributed by atoms with Crippen LogP contribution < -0.4 is 5.32 Å². The maximum Gasteiger partial charge on any atom is 0.180 e. The maximum atomic E-state index is 4.86. The highest BCUT2D eigenvalue weighted by atomic mass is 16.3. The molecule has 0 amide bonds. The Hall–Kier alpha value is -1.78. The number of rotatable bonds is 3. The molecule has 1 N–H and O–H groups in total. The van der Waals surface area contributed by atoms with Gasteiger partial charge >= 0.3 is 0 Å². The second-order valence-electron chi connectivity index (χ2n) is 3.17. The smallest absolute Gasteiger partial charge is 0.180 e. The summed E-state index contributed by atoms with van der Waals surface area (Å²) >= 11 is 0. The lowest BCUT2D eigenvalue weighted by Crippen LogP contribution is -2.01. The molecule has 0 atom stereocenters. The molecule has 0 saturated carbocycles. The van der Waals surface area contributed by atoms with Gasteiger partial charge in [-0.25, -0.2) is 4.98 Å². The molecule has 0 spiro atoms. The predicted molar refractivity (Wildman–Crippen MR) is 51.8 cm³/mol. The molecule has 0 aliphatic rings. The van der Waals surface area contributed by atoms with Crippen LogP contribution in [0.4, 0.5) is 5.82 Å². The van der Waals surface area contributed by atoms with E-state index in [0.717, 1.165) is 17.1 Å². The molecule has 0 unspecified atom stereocenters. The first-order valence-electron chi connectivity index (χ1n) is 4.37. The Morgan fingerprint density at radius 2 is 2.43 bits per heavy atom. The summed E-state index contributed by atoms with van der Waals surface area (Å²) in [6, 6.07) is 0. The van der Waals surface area contributed by atoms with Gasteiger partial charge < -0.3 is 9.73 Å². The highest BCUT2D eigenvalue weighted by molar-refractivity contribution is 5.41. The molecule has 0 bridgehead atoms. The van der Waals surface area contributed by atoms with E-state index < -0.39 is 0 Å². The first-order chi connectivity index (χ1) is 6.75. The van der Waals surface area contributed by atoms with Crippen molar-refractivity contribution in [2.75, 3.05) is 5.32 Å². The van der Waals surface area contributed by atoms with E-state index in [1.807, 2.05) is 20.2 Å². The molecule has 0 fully saturated rings. The minimum atomic E-state index is 0.633. The highest BCUT2D eigenvalue weighted by Crippen LogP contribution is 2.11. The average molecular weight is 192 g/mol. The number of hydrogen-bond donors (Lipinski definition) is 1. The van der Waals surface area contributed by atoms with Gasteiger partial charge in [0, 0.05) is 18.8 Å². The first-order valence-corrected chi connectivity index (χ1v) is 4.37. The topological polar surface area (TPSA) is 55.9 Å². The van der Waals surface area contributed by atoms with Gasteiger partial charge in [-0.3, -0.25) is 4.68 Å². The summed E-state index contributed by atoms with van der Waals surface area (Å²) in [4.78, 5) is 4.00. The molecule has 14 heavy (non-hydrogen) atoms. The van der Waals surface area contributed by atoms with Crippen molar-refractivity contribution in [3.8, 4) is 0 Å². The van der Waals surface area contributed by atoms with Crippen molar-refractivity contribution in [3.05, 3.63) is 30.1 Å². The van der Waals surface area contributed by atoms with E-state index in [2.05, 4.69) is 15.4 Å². The summed E-state index contributed by atoms with van der Waals surface area (Å²) in [5, 5.41) is 7.44. The molecule has 2 rings (SSSR count). The van der Waals surface area contributed by atoms with Crippen LogP contribution in [0, 0.1) is 6.92 Å². The third-order valence-electron chi connectivity index (χ3n) is 1.93. The lowest BCUT2D eigenvalue weighted by Gasteiger charge is -1.99. The van der Waals surface area contributed by atoms with Gasteiger partial charge in [0.15, 0.2) is 12.2 Å². The number of oxazole rings is 1. The van der Waals surface area contributed by atoms with Crippen LogP contribution in [0.25, 0.3) is 0 Å². The van der Waals surface area contributed by atoms with Crippen molar-refractivity contribution in [1.29, 1.82) is 0 Å². The van der Waals surface area contributed by atoms with Gasteiger partial charge in [-0.05, 0) is 6.92 Å². The normalized spacial score (nSPS) is 10.4. The Balaban J connectivity index is 2.01. The molecular weight excluding hydrogens is 180 g/mol. The van der Waals surface area contributed by atoms with Crippen LogP contribution in [0.1, 0.15) is 11.3 Å². The quantitative estimate of drug-likeness (QED) is 0.797. The van der Waals surface area contributed by atoms with Crippen LogP contribution in [-0.4, -0.2) is 14.8 Å². The van der Waals surface area contributed by atoms with Crippen LogP contribution in [0.15, 0.2) is 23.3 Å². The van der Waals surface area contributed by atoms with Crippen molar-refractivity contribution < 1.29 is 4.42 Å². The molecule has 5 heteroatoms. The molecule has 2 aromatic heterocycles. The lowest BCUT2D eigenvalue weighted by atomic mass is 10.3. The Labute approximate surface area is 81.8 Å². The number of aryl methyl sites for hydroxylation is 2. The zero-order chi connectivity index (χ0) is 9.97. The van der Waals surface area contributed by atoms with E-state index in [9.17, 15) is 0 Å². The van der Waals surface area contributed by atoms with Crippen molar-refractivity contribution in [2.24, 2.45) is 7.05 Å². The van der Waals surface area contributed by atoms with E-state index in [1.165, 1.54) is 6.39 Å². The number of hydrogen-bond acceptors (Lipinski definition) is 4. The van der Waals surface area contributed by atoms with Gasteiger partial charge in [-0.2, -0.15) is 5.10 Å². The summed E-state index contributed by atoms with van der Waals surface area (Å²) in [5.41, 5.74) is 1.99. The van der Waals surface area contributed by atoms with Crippen molar-refractivity contribution in [3.63, 3.8) is 0 Å². The van der Waals surface area contributed by atoms with Crippen molar-refractivity contribution in [2.45, 2.75) is 13.5 Å².